The Morgan fingerprint density at radius 3 is 2.27 bits per heavy atom. The highest BCUT2D eigenvalue weighted by atomic mass is 16.6. The van der Waals surface area contributed by atoms with Gasteiger partial charge in [0, 0.05) is 4.92 Å². The van der Waals surface area contributed by atoms with E-state index in [1.807, 2.05) is 0 Å². The Labute approximate surface area is 128 Å². The van der Waals surface area contributed by atoms with Crippen molar-refractivity contribution in [3.8, 4) is 0 Å². The van der Waals surface area contributed by atoms with Crippen LogP contribution in [0, 0.1) is 16.0 Å². The van der Waals surface area contributed by atoms with E-state index >= 15 is 0 Å². The van der Waals surface area contributed by atoms with Gasteiger partial charge < -0.3 is 10.5 Å². The Hall–Kier alpha value is -2.28. The predicted octanol–water partition coefficient (Wildman–Crippen LogP) is 1.49. The van der Waals surface area contributed by atoms with Gasteiger partial charge in [-0.3, -0.25) is 19.7 Å². The molecule has 1 aromatic rings. The Kier molecular flexibility index (Phi) is 5.76. The van der Waals surface area contributed by atoms with Gasteiger partial charge in [0.25, 0.3) is 6.54 Å². The van der Waals surface area contributed by atoms with E-state index in [1.165, 1.54) is 0 Å². The van der Waals surface area contributed by atoms with Crippen LogP contribution >= 0.6 is 0 Å². The second-order valence-corrected chi connectivity index (χ2v) is 5.90. The van der Waals surface area contributed by atoms with Crippen LogP contribution in [0.15, 0.2) is 30.3 Å². The minimum atomic E-state index is -1.41. The fourth-order valence-electron chi connectivity index (χ4n) is 1.94. The summed E-state index contributed by atoms with van der Waals surface area (Å²) in [6, 6.07) is 7.49. The van der Waals surface area contributed by atoms with Crippen molar-refractivity contribution in [2.45, 2.75) is 32.4 Å². The first kappa shape index (κ1) is 17.8. The molecule has 0 aromatic heterocycles. The molecule has 2 N–H and O–H groups in total. The normalized spacial score (nSPS) is 14.0. The molecule has 0 spiro atoms. The van der Waals surface area contributed by atoms with Crippen molar-refractivity contribution in [2.24, 2.45) is 11.7 Å². The quantitative estimate of drug-likeness (QED) is 0.369. The molecule has 1 rings (SSSR count). The molecule has 1 aromatic carbocycles. The number of hydrogen-bond acceptors (Lipinski definition) is 6. The van der Waals surface area contributed by atoms with Gasteiger partial charge in [-0.15, -0.1) is 0 Å². The molecule has 22 heavy (non-hydrogen) atoms. The third kappa shape index (κ3) is 5.25. The van der Waals surface area contributed by atoms with Crippen LogP contribution in [0.25, 0.3) is 0 Å². The molecule has 0 heterocycles. The van der Waals surface area contributed by atoms with E-state index in [-0.39, 0.29) is 0 Å². The summed E-state index contributed by atoms with van der Waals surface area (Å²) in [7, 11) is 0. The largest absolute Gasteiger partial charge is 0.459 e. The number of hydrogen-bond donors (Lipinski definition) is 1. The van der Waals surface area contributed by atoms with Crippen LogP contribution in [0.3, 0.4) is 0 Å². The molecular formula is C15H20N2O5. The molecule has 2 atom stereocenters. The van der Waals surface area contributed by atoms with Gasteiger partial charge in [-0.05, 0) is 26.3 Å². The minimum absolute atomic E-state index is 0.537. The number of esters is 1. The maximum absolute atomic E-state index is 12.3. The van der Waals surface area contributed by atoms with E-state index in [1.54, 1.807) is 51.1 Å². The minimum Gasteiger partial charge on any atom is -0.459 e. The van der Waals surface area contributed by atoms with E-state index in [0.29, 0.717) is 5.56 Å². The van der Waals surface area contributed by atoms with Gasteiger partial charge in [0.2, 0.25) is 5.78 Å². The van der Waals surface area contributed by atoms with Gasteiger partial charge in [-0.1, -0.05) is 30.3 Å². The van der Waals surface area contributed by atoms with Gasteiger partial charge in [-0.2, -0.15) is 0 Å². The van der Waals surface area contributed by atoms with E-state index in [9.17, 15) is 19.7 Å². The van der Waals surface area contributed by atoms with Crippen molar-refractivity contribution < 1.29 is 19.2 Å². The van der Waals surface area contributed by atoms with Crippen LogP contribution in [0.1, 0.15) is 32.4 Å². The van der Waals surface area contributed by atoms with Crippen molar-refractivity contribution in [1.29, 1.82) is 0 Å². The molecule has 0 aliphatic carbocycles. The Bertz CT molecular complexity index is 551. The zero-order valence-corrected chi connectivity index (χ0v) is 12.8. The average molecular weight is 308 g/mol. The highest BCUT2D eigenvalue weighted by Gasteiger charge is 2.38. The zero-order valence-electron chi connectivity index (χ0n) is 12.8. The number of nitrogens with zero attached hydrogens (tertiary/aromatic N) is 1. The number of nitrogens with two attached hydrogens (primary N) is 1. The standard InChI is InChI=1S/C15H20N2O5/c1-15(2,3)22-14(19)12(11(18)9-17(20)21)13(16)10-7-5-4-6-8-10/h4-8,12-13H,9,16H2,1-3H3. The lowest BCUT2D eigenvalue weighted by Gasteiger charge is -2.26. The molecule has 0 aliphatic rings. The van der Waals surface area contributed by atoms with Gasteiger partial charge in [0.1, 0.15) is 11.5 Å². The van der Waals surface area contributed by atoms with Crippen LogP contribution in [-0.2, 0) is 14.3 Å². The van der Waals surface area contributed by atoms with E-state index in [4.69, 9.17) is 10.5 Å². The maximum Gasteiger partial charge on any atom is 0.319 e. The number of rotatable bonds is 6. The van der Waals surface area contributed by atoms with Crippen molar-refractivity contribution in [2.75, 3.05) is 6.54 Å². The van der Waals surface area contributed by atoms with Gasteiger partial charge >= 0.3 is 5.97 Å². The molecule has 0 bridgehead atoms. The number of carbonyl (C=O) groups excluding carboxylic acids is 2. The van der Waals surface area contributed by atoms with Gasteiger partial charge in [-0.25, -0.2) is 0 Å². The molecule has 0 saturated heterocycles. The first-order valence-corrected chi connectivity index (χ1v) is 6.79. The van der Waals surface area contributed by atoms with Crippen molar-refractivity contribution in [3.63, 3.8) is 0 Å². The third-order valence-electron chi connectivity index (χ3n) is 2.84. The molecule has 0 aliphatic heterocycles. The second kappa shape index (κ2) is 7.13. The summed E-state index contributed by atoms with van der Waals surface area (Å²) in [6.07, 6.45) is 0. The van der Waals surface area contributed by atoms with Crippen molar-refractivity contribution in [3.05, 3.63) is 46.0 Å². The first-order valence-electron chi connectivity index (χ1n) is 6.79. The molecule has 7 heteroatoms. The van der Waals surface area contributed by atoms with Crippen LogP contribution in [-0.4, -0.2) is 28.8 Å². The van der Waals surface area contributed by atoms with Gasteiger partial charge in [0.15, 0.2) is 0 Å². The molecule has 2 unspecified atom stereocenters. The maximum atomic E-state index is 12.3. The summed E-state index contributed by atoms with van der Waals surface area (Å²) >= 11 is 0. The number of Topliss-reactive ketones (excluding diaryl/α,β-unsaturated/α-hetero) is 1. The fraction of sp³-hybridized carbons (Fsp3) is 0.467. The number of ketones is 1. The molecule has 120 valence electrons. The average Bonchev–Trinajstić information content (AvgIpc) is 2.36. The molecule has 7 nitrogen and oxygen atoms in total. The highest BCUT2D eigenvalue weighted by Crippen LogP contribution is 2.24. The summed E-state index contributed by atoms with van der Waals surface area (Å²) in [6.45, 7) is 3.97. The van der Waals surface area contributed by atoms with Crippen LogP contribution in [0.5, 0.6) is 0 Å². The number of benzene rings is 1. The number of ether oxygens (including phenoxy) is 1. The van der Waals surface area contributed by atoms with Crippen molar-refractivity contribution in [1.82, 2.24) is 0 Å². The monoisotopic (exact) mass is 308 g/mol. The van der Waals surface area contributed by atoms with E-state index in [2.05, 4.69) is 0 Å². The van der Waals surface area contributed by atoms with E-state index in [0.717, 1.165) is 0 Å². The van der Waals surface area contributed by atoms with Crippen molar-refractivity contribution >= 4 is 11.8 Å². The summed E-state index contributed by atoms with van der Waals surface area (Å²) in [5.41, 5.74) is 5.71. The summed E-state index contributed by atoms with van der Waals surface area (Å²) in [5.74, 6) is -3.13. The molecule has 0 radical (unpaired) electrons. The Balaban J connectivity index is 3.08. The highest BCUT2D eigenvalue weighted by molar-refractivity contribution is 6.00. The first-order chi connectivity index (χ1) is 10.1. The number of nitro groups is 1. The Morgan fingerprint density at radius 2 is 1.82 bits per heavy atom. The Morgan fingerprint density at radius 1 is 1.27 bits per heavy atom. The summed E-state index contributed by atoms with van der Waals surface area (Å²) in [4.78, 5) is 34.1. The predicted molar refractivity (Wildman–Crippen MR) is 79.6 cm³/mol. The summed E-state index contributed by atoms with van der Waals surface area (Å²) in [5, 5.41) is 10.6. The molecule has 0 fully saturated rings. The fourth-order valence-corrected chi connectivity index (χ4v) is 1.94. The van der Waals surface area contributed by atoms with E-state index < -0.39 is 40.8 Å². The third-order valence-corrected chi connectivity index (χ3v) is 2.84. The zero-order chi connectivity index (χ0) is 16.9. The lowest BCUT2D eigenvalue weighted by atomic mass is 9.90. The van der Waals surface area contributed by atoms with Crippen LogP contribution in [0.4, 0.5) is 0 Å². The number of carbonyl (C=O) groups is 2. The second-order valence-electron chi connectivity index (χ2n) is 5.90. The lowest BCUT2D eigenvalue weighted by molar-refractivity contribution is -0.467. The van der Waals surface area contributed by atoms with Crippen LogP contribution in [0.2, 0.25) is 0 Å². The summed E-state index contributed by atoms with van der Waals surface area (Å²) < 4.78 is 5.18. The van der Waals surface area contributed by atoms with Crippen LogP contribution < -0.4 is 5.73 Å². The molecular weight excluding hydrogens is 288 g/mol. The lowest BCUT2D eigenvalue weighted by Crippen LogP contribution is -2.41. The van der Waals surface area contributed by atoms with Gasteiger partial charge in [0.05, 0.1) is 6.04 Å². The molecule has 0 saturated carbocycles. The topological polar surface area (TPSA) is 113 Å². The smallest absolute Gasteiger partial charge is 0.319 e. The SMILES string of the molecule is CC(C)(C)OC(=O)C(C(=O)C[N+](=O)[O-])C(N)c1ccccc1. The molecule has 0 amide bonds.